The van der Waals surface area contributed by atoms with E-state index in [1.807, 2.05) is 0 Å². The zero-order valence-electron chi connectivity index (χ0n) is 9.39. The molecule has 0 heterocycles. The van der Waals surface area contributed by atoms with E-state index in [1.165, 1.54) is 12.8 Å². The van der Waals surface area contributed by atoms with E-state index < -0.39 is 0 Å². The third kappa shape index (κ3) is 4.10. The molecule has 2 heteroatoms. The molecule has 2 nitrogen and oxygen atoms in total. The monoisotopic (exact) mass is 185 g/mol. The van der Waals surface area contributed by atoms with Gasteiger partial charge < -0.3 is 10.1 Å². The first-order valence-electron chi connectivity index (χ1n) is 5.36. The molecule has 0 atom stereocenters. The Morgan fingerprint density at radius 3 is 2.38 bits per heavy atom. The zero-order valence-corrected chi connectivity index (χ0v) is 9.39. The van der Waals surface area contributed by atoms with Crippen molar-refractivity contribution in [2.24, 2.45) is 5.41 Å². The fourth-order valence-corrected chi connectivity index (χ4v) is 1.55. The summed E-state index contributed by atoms with van der Waals surface area (Å²) in [5.41, 5.74) is 0.400. The average Bonchev–Trinajstić information content (AvgIpc) is 1.91. The van der Waals surface area contributed by atoms with Gasteiger partial charge in [0.25, 0.3) is 0 Å². The highest BCUT2D eigenvalue weighted by atomic mass is 16.5. The van der Waals surface area contributed by atoms with Crippen LogP contribution in [0.5, 0.6) is 0 Å². The topological polar surface area (TPSA) is 21.3 Å². The van der Waals surface area contributed by atoms with Crippen LogP contribution in [0, 0.1) is 5.41 Å². The molecule has 1 aliphatic carbocycles. The average molecular weight is 185 g/mol. The molecule has 0 unspecified atom stereocenters. The molecule has 1 rings (SSSR count). The molecular weight excluding hydrogens is 162 g/mol. The Labute approximate surface area is 82.0 Å². The second-order valence-electron chi connectivity index (χ2n) is 5.19. The van der Waals surface area contributed by atoms with Crippen LogP contribution in [0.25, 0.3) is 0 Å². The van der Waals surface area contributed by atoms with Crippen LogP contribution in [0.4, 0.5) is 0 Å². The molecule has 78 valence electrons. The molecular formula is C11H23NO. The van der Waals surface area contributed by atoms with Gasteiger partial charge >= 0.3 is 0 Å². The highest BCUT2D eigenvalue weighted by Gasteiger charge is 2.29. The maximum atomic E-state index is 5.50. The summed E-state index contributed by atoms with van der Waals surface area (Å²) >= 11 is 0. The summed E-state index contributed by atoms with van der Waals surface area (Å²) < 4.78 is 5.50. The van der Waals surface area contributed by atoms with Crippen LogP contribution in [0.2, 0.25) is 0 Å². The van der Waals surface area contributed by atoms with Crippen molar-refractivity contribution >= 4 is 0 Å². The van der Waals surface area contributed by atoms with Crippen LogP contribution in [0.3, 0.4) is 0 Å². The first-order chi connectivity index (χ1) is 6.01. The molecule has 0 bridgehead atoms. The van der Waals surface area contributed by atoms with Crippen molar-refractivity contribution in [3.63, 3.8) is 0 Å². The van der Waals surface area contributed by atoms with Crippen molar-refractivity contribution in [1.29, 1.82) is 0 Å². The van der Waals surface area contributed by atoms with Gasteiger partial charge in [-0.3, -0.25) is 0 Å². The maximum absolute atomic E-state index is 5.50. The number of rotatable bonds is 4. The minimum atomic E-state index is 0.400. The minimum absolute atomic E-state index is 0.400. The summed E-state index contributed by atoms with van der Waals surface area (Å²) in [6, 6.07) is 0.704. The van der Waals surface area contributed by atoms with Crippen LogP contribution in [-0.4, -0.2) is 25.3 Å². The van der Waals surface area contributed by atoms with Gasteiger partial charge in [0.2, 0.25) is 0 Å². The molecule has 0 saturated heterocycles. The van der Waals surface area contributed by atoms with Gasteiger partial charge in [-0.15, -0.1) is 0 Å². The van der Waals surface area contributed by atoms with Crippen molar-refractivity contribution in [3.05, 3.63) is 0 Å². The van der Waals surface area contributed by atoms with Gasteiger partial charge in [-0.1, -0.05) is 20.8 Å². The van der Waals surface area contributed by atoms with E-state index in [-0.39, 0.29) is 0 Å². The Bertz CT molecular complexity index is 145. The van der Waals surface area contributed by atoms with Gasteiger partial charge in [-0.05, 0) is 25.2 Å². The maximum Gasteiger partial charge on any atom is 0.0604 e. The van der Waals surface area contributed by atoms with Crippen molar-refractivity contribution in [2.45, 2.75) is 52.7 Å². The SMILES string of the molecule is CCOC1CC(NCC(C)(C)C)C1. The molecule has 1 N–H and O–H groups in total. The molecule has 0 amide bonds. The molecule has 13 heavy (non-hydrogen) atoms. The van der Waals surface area contributed by atoms with Crippen LogP contribution in [-0.2, 0) is 4.74 Å². The Hall–Kier alpha value is -0.0800. The summed E-state index contributed by atoms with van der Waals surface area (Å²) in [4.78, 5) is 0. The Morgan fingerprint density at radius 2 is 1.92 bits per heavy atom. The van der Waals surface area contributed by atoms with E-state index in [9.17, 15) is 0 Å². The van der Waals surface area contributed by atoms with Crippen molar-refractivity contribution in [1.82, 2.24) is 5.32 Å². The summed E-state index contributed by atoms with van der Waals surface area (Å²) in [6.07, 6.45) is 2.93. The molecule has 1 fully saturated rings. The molecule has 0 aliphatic heterocycles. The van der Waals surface area contributed by atoms with E-state index in [0.29, 0.717) is 17.6 Å². The van der Waals surface area contributed by atoms with Gasteiger partial charge in [0.1, 0.15) is 0 Å². The molecule has 0 aromatic carbocycles. The summed E-state index contributed by atoms with van der Waals surface area (Å²) in [5, 5.41) is 3.57. The third-order valence-corrected chi connectivity index (χ3v) is 2.42. The fourth-order valence-electron chi connectivity index (χ4n) is 1.55. The summed E-state index contributed by atoms with van der Waals surface area (Å²) in [6.45, 7) is 10.8. The van der Waals surface area contributed by atoms with Crippen LogP contribution in [0.15, 0.2) is 0 Å². The highest BCUT2D eigenvalue weighted by molar-refractivity contribution is 4.86. The van der Waals surface area contributed by atoms with Crippen LogP contribution < -0.4 is 5.32 Å². The van der Waals surface area contributed by atoms with Crippen molar-refractivity contribution in [3.8, 4) is 0 Å². The Balaban J connectivity index is 2.02. The van der Waals surface area contributed by atoms with Gasteiger partial charge in [0.05, 0.1) is 6.10 Å². The van der Waals surface area contributed by atoms with Gasteiger partial charge in [-0.25, -0.2) is 0 Å². The number of hydrogen-bond donors (Lipinski definition) is 1. The highest BCUT2D eigenvalue weighted by Crippen LogP contribution is 2.24. The molecule has 0 aromatic rings. The smallest absolute Gasteiger partial charge is 0.0604 e. The standard InChI is InChI=1S/C11H23NO/c1-5-13-10-6-9(7-10)12-8-11(2,3)4/h9-10,12H,5-8H2,1-4H3. The molecule has 1 aliphatic rings. The summed E-state index contributed by atoms with van der Waals surface area (Å²) in [5.74, 6) is 0. The van der Waals surface area contributed by atoms with E-state index in [1.54, 1.807) is 0 Å². The molecule has 0 radical (unpaired) electrons. The largest absolute Gasteiger partial charge is 0.378 e. The lowest BCUT2D eigenvalue weighted by atomic mass is 9.87. The number of hydrogen-bond acceptors (Lipinski definition) is 2. The Kier molecular flexibility index (Phi) is 3.74. The Morgan fingerprint density at radius 1 is 1.31 bits per heavy atom. The van der Waals surface area contributed by atoms with Gasteiger partial charge in [-0.2, -0.15) is 0 Å². The van der Waals surface area contributed by atoms with E-state index >= 15 is 0 Å². The fraction of sp³-hybridized carbons (Fsp3) is 1.00. The third-order valence-electron chi connectivity index (χ3n) is 2.42. The lowest BCUT2D eigenvalue weighted by molar-refractivity contribution is -0.0114. The quantitative estimate of drug-likeness (QED) is 0.725. The first kappa shape index (κ1) is 11.0. The normalized spacial score (nSPS) is 28.6. The number of nitrogens with one attached hydrogen (secondary N) is 1. The van der Waals surface area contributed by atoms with Gasteiger partial charge in [0.15, 0.2) is 0 Å². The zero-order chi connectivity index (χ0) is 9.90. The van der Waals surface area contributed by atoms with Crippen molar-refractivity contribution in [2.75, 3.05) is 13.2 Å². The van der Waals surface area contributed by atoms with Gasteiger partial charge in [0, 0.05) is 19.2 Å². The molecule has 0 spiro atoms. The van der Waals surface area contributed by atoms with Crippen molar-refractivity contribution < 1.29 is 4.74 Å². The lowest BCUT2D eigenvalue weighted by Crippen LogP contribution is -2.47. The molecule has 1 saturated carbocycles. The van der Waals surface area contributed by atoms with E-state index in [0.717, 1.165) is 13.2 Å². The summed E-state index contributed by atoms with van der Waals surface area (Å²) in [7, 11) is 0. The predicted octanol–water partition coefficient (Wildman–Crippen LogP) is 2.19. The van der Waals surface area contributed by atoms with E-state index in [2.05, 4.69) is 33.0 Å². The minimum Gasteiger partial charge on any atom is -0.378 e. The second-order valence-corrected chi connectivity index (χ2v) is 5.19. The van der Waals surface area contributed by atoms with Crippen LogP contribution >= 0.6 is 0 Å². The first-order valence-corrected chi connectivity index (χ1v) is 5.36. The molecule has 0 aromatic heterocycles. The lowest BCUT2D eigenvalue weighted by Gasteiger charge is -2.37. The predicted molar refractivity (Wildman–Crippen MR) is 55.9 cm³/mol. The second kappa shape index (κ2) is 4.43. The van der Waals surface area contributed by atoms with E-state index in [4.69, 9.17) is 4.74 Å². The number of ether oxygens (including phenoxy) is 1. The van der Waals surface area contributed by atoms with Crippen LogP contribution in [0.1, 0.15) is 40.5 Å².